The first-order valence-electron chi connectivity index (χ1n) is 9.08. The highest BCUT2D eigenvalue weighted by atomic mass is 32.2. The van der Waals surface area contributed by atoms with Crippen LogP contribution >= 0.6 is 0 Å². The smallest absolute Gasteiger partial charge is 0.246 e. The Morgan fingerprint density at radius 1 is 1.30 bits per heavy atom. The summed E-state index contributed by atoms with van der Waals surface area (Å²) < 4.78 is 23.6. The van der Waals surface area contributed by atoms with Crippen LogP contribution in [0.3, 0.4) is 0 Å². The Bertz CT molecular complexity index is 905. The van der Waals surface area contributed by atoms with Crippen LogP contribution in [-0.2, 0) is 21.2 Å². The lowest BCUT2D eigenvalue weighted by Gasteiger charge is -2.29. The Morgan fingerprint density at radius 3 is 2.59 bits per heavy atom. The minimum absolute atomic E-state index is 0.0326. The summed E-state index contributed by atoms with van der Waals surface area (Å²) in [7, 11) is -3.06. The van der Waals surface area contributed by atoms with E-state index in [9.17, 15) is 13.2 Å². The summed E-state index contributed by atoms with van der Waals surface area (Å²) in [4.78, 5) is 15.8. The lowest BCUT2D eigenvalue weighted by Crippen LogP contribution is -2.45. The van der Waals surface area contributed by atoms with Gasteiger partial charge < -0.3 is 4.90 Å². The number of tetrazole rings is 1. The maximum Gasteiger partial charge on any atom is 0.246 e. The van der Waals surface area contributed by atoms with Gasteiger partial charge in [-0.15, -0.1) is 10.2 Å². The zero-order valence-corrected chi connectivity index (χ0v) is 16.7. The van der Waals surface area contributed by atoms with Crippen LogP contribution in [0.4, 0.5) is 0 Å². The highest BCUT2D eigenvalue weighted by Gasteiger charge is 2.35. The summed E-state index contributed by atoms with van der Waals surface area (Å²) in [6.45, 7) is 6.47. The number of aromatic nitrogens is 4. The van der Waals surface area contributed by atoms with Crippen LogP contribution in [0.15, 0.2) is 24.3 Å². The van der Waals surface area contributed by atoms with Gasteiger partial charge in [-0.05, 0) is 24.5 Å². The highest BCUT2D eigenvalue weighted by molar-refractivity contribution is 7.91. The number of aryl methyl sites for hydroxylation is 1. The second-order valence-corrected chi connectivity index (χ2v) is 9.74. The van der Waals surface area contributed by atoms with Crippen molar-refractivity contribution < 1.29 is 13.2 Å². The van der Waals surface area contributed by atoms with E-state index < -0.39 is 9.84 Å². The lowest BCUT2D eigenvalue weighted by molar-refractivity contribution is -0.134. The third-order valence-electron chi connectivity index (χ3n) is 4.57. The number of hydrogen-bond acceptors (Lipinski definition) is 6. The van der Waals surface area contributed by atoms with E-state index in [1.165, 1.54) is 4.80 Å². The molecule has 27 heavy (non-hydrogen) atoms. The van der Waals surface area contributed by atoms with E-state index in [0.29, 0.717) is 18.8 Å². The van der Waals surface area contributed by atoms with Crippen LogP contribution in [0, 0.1) is 12.8 Å². The molecule has 1 aliphatic rings. The van der Waals surface area contributed by atoms with Gasteiger partial charge in [0.25, 0.3) is 0 Å². The fourth-order valence-corrected chi connectivity index (χ4v) is 4.94. The molecule has 0 bridgehead atoms. The van der Waals surface area contributed by atoms with Gasteiger partial charge in [-0.25, -0.2) is 8.42 Å². The number of carbonyl (C=O) groups is 1. The van der Waals surface area contributed by atoms with Gasteiger partial charge in [0.05, 0.1) is 11.5 Å². The van der Waals surface area contributed by atoms with Crippen LogP contribution < -0.4 is 0 Å². The molecule has 146 valence electrons. The number of nitrogens with zero attached hydrogens (tertiary/aromatic N) is 5. The fourth-order valence-electron chi connectivity index (χ4n) is 3.21. The first-order valence-corrected chi connectivity index (χ1v) is 10.9. The number of amides is 1. The van der Waals surface area contributed by atoms with Crippen molar-refractivity contribution in [2.24, 2.45) is 5.92 Å². The van der Waals surface area contributed by atoms with Gasteiger partial charge in [0, 0.05) is 18.2 Å². The molecule has 1 atom stereocenters. The van der Waals surface area contributed by atoms with Crippen LogP contribution in [0.1, 0.15) is 25.8 Å². The van der Waals surface area contributed by atoms with Crippen molar-refractivity contribution in [3.63, 3.8) is 0 Å². The third-order valence-corrected chi connectivity index (χ3v) is 6.32. The molecule has 3 rings (SSSR count). The van der Waals surface area contributed by atoms with Gasteiger partial charge >= 0.3 is 0 Å². The van der Waals surface area contributed by atoms with Crippen LogP contribution in [0.25, 0.3) is 11.4 Å². The highest BCUT2D eigenvalue weighted by Crippen LogP contribution is 2.20. The lowest BCUT2D eigenvalue weighted by atomic mass is 10.1. The molecule has 0 aliphatic carbocycles. The molecule has 2 aromatic rings. The van der Waals surface area contributed by atoms with Gasteiger partial charge in [-0.3, -0.25) is 4.79 Å². The molecule has 0 N–H and O–H groups in total. The maximum atomic E-state index is 12.8. The first-order chi connectivity index (χ1) is 12.7. The van der Waals surface area contributed by atoms with Crippen molar-refractivity contribution in [1.82, 2.24) is 25.1 Å². The van der Waals surface area contributed by atoms with E-state index in [1.807, 2.05) is 45.0 Å². The SMILES string of the molecule is Cc1ccc(-c2nnn(CC(=O)N(CC(C)C)[C@@H]3CCS(=O)(=O)C3)n2)cc1. The molecular formula is C18H25N5O3S. The molecule has 2 heterocycles. The Morgan fingerprint density at radius 2 is 2.00 bits per heavy atom. The molecule has 1 aromatic heterocycles. The number of rotatable bonds is 6. The molecular weight excluding hydrogens is 366 g/mol. The molecule has 0 saturated carbocycles. The summed E-state index contributed by atoms with van der Waals surface area (Å²) in [5.41, 5.74) is 1.97. The Hall–Kier alpha value is -2.29. The Kier molecular flexibility index (Phi) is 5.59. The predicted molar refractivity (Wildman–Crippen MR) is 102 cm³/mol. The third kappa shape index (κ3) is 4.91. The van der Waals surface area contributed by atoms with E-state index >= 15 is 0 Å². The maximum absolute atomic E-state index is 12.8. The van der Waals surface area contributed by atoms with Crippen molar-refractivity contribution in [3.8, 4) is 11.4 Å². The Labute approximate surface area is 159 Å². The van der Waals surface area contributed by atoms with E-state index in [4.69, 9.17) is 0 Å². The number of sulfone groups is 1. The van der Waals surface area contributed by atoms with Gasteiger partial charge in [-0.1, -0.05) is 43.7 Å². The molecule has 1 fully saturated rings. The van der Waals surface area contributed by atoms with Crippen molar-refractivity contribution >= 4 is 15.7 Å². The summed E-state index contributed by atoms with van der Waals surface area (Å²) >= 11 is 0. The van der Waals surface area contributed by atoms with Gasteiger partial charge in [0.15, 0.2) is 9.84 Å². The monoisotopic (exact) mass is 391 g/mol. The molecule has 1 aliphatic heterocycles. The van der Waals surface area contributed by atoms with Gasteiger partial charge in [0.1, 0.15) is 6.54 Å². The average molecular weight is 391 g/mol. The minimum atomic E-state index is -3.06. The van der Waals surface area contributed by atoms with Crippen LogP contribution in [0.2, 0.25) is 0 Å². The molecule has 8 nitrogen and oxygen atoms in total. The van der Waals surface area contributed by atoms with Crippen molar-refractivity contribution in [3.05, 3.63) is 29.8 Å². The normalized spacial score (nSPS) is 18.7. The topological polar surface area (TPSA) is 98.0 Å². The summed E-state index contributed by atoms with van der Waals surface area (Å²) in [6.07, 6.45) is 0.486. The van der Waals surface area contributed by atoms with E-state index in [2.05, 4.69) is 15.4 Å². The van der Waals surface area contributed by atoms with Crippen molar-refractivity contribution in [1.29, 1.82) is 0 Å². The largest absolute Gasteiger partial charge is 0.337 e. The van der Waals surface area contributed by atoms with Crippen LogP contribution in [-0.4, -0.2) is 63.5 Å². The number of benzene rings is 1. The Balaban J connectivity index is 1.73. The minimum Gasteiger partial charge on any atom is -0.337 e. The molecule has 1 aromatic carbocycles. The molecule has 0 unspecified atom stereocenters. The van der Waals surface area contributed by atoms with E-state index in [0.717, 1.165) is 11.1 Å². The molecule has 9 heteroatoms. The van der Waals surface area contributed by atoms with Gasteiger partial charge in [-0.2, -0.15) is 4.80 Å². The fraction of sp³-hybridized carbons (Fsp3) is 0.556. The zero-order valence-electron chi connectivity index (χ0n) is 15.9. The molecule has 1 saturated heterocycles. The quantitative estimate of drug-likeness (QED) is 0.737. The number of hydrogen-bond donors (Lipinski definition) is 0. The van der Waals surface area contributed by atoms with E-state index in [1.54, 1.807) is 4.90 Å². The summed E-state index contributed by atoms with van der Waals surface area (Å²) in [6, 6.07) is 7.47. The predicted octanol–water partition coefficient (Wildman–Crippen LogP) is 1.32. The van der Waals surface area contributed by atoms with Gasteiger partial charge in [0.2, 0.25) is 11.7 Å². The van der Waals surface area contributed by atoms with E-state index in [-0.39, 0.29) is 35.9 Å². The zero-order chi connectivity index (χ0) is 19.6. The second-order valence-electron chi connectivity index (χ2n) is 7.51. The average Bonchev–Trinajstić information content (AvgIpc) is 3.19. The first kappa shape index (κ1) is 19.5. The van der Waals surface area contributed by atoms with Crippen molar-refractivity contribution in [2.45, 2.75) is 39.8 Å². The molecule has 0 radical (unpaired) electrons. The summed E-state index contributed by atoms with van der Waals surface area (Å²) in [5.74, 6) is 0.688. The molecule has 0 spiro atoms. The number of carbonyl (C=O) groups excluding carboxylic acids is 1. The summed E-state index contributed by atoms with van der Waals surface area (Å²) in [5, 5.41) is 12.3. The molecule has 1 amide bonds. The van der Waals surface area contributed by atoms with Crippen molar-refractivity contribution in [2.75, 3.05) is 18.1 Å². The standard InChI is InChI=1S/C18H25N5O3S/c1-13(2)10-22(16-8-9-27(25,26)12-16)17(24)11-23-20-18(19-21-23)15-6-4-14(3)5-7-15/h4-7,13,16H,8-12H2,1-3H3/t16-/m1/s1. The second kappa shape index (κ2) is 7.75. The van der Waals surface area contributed by atoms with Crippen LogP contribution in [0.5, 0.6) is 0 Å².